The van der Waals surface area contributed by atoms with Gasteiger partial charge in [-0.2, -0.15) is 5.26 Å². The van der Waals surface area contributed by atoms with Crippen LogP contribution in [0.2, 0.25) is 5.02 Å². The van der Waals surface area contributed by atoms with Gasteiger partial charge in [-0.05, 0) is 25.0 Å². The van der Waals surface area contributed by atoms with Crippen LogP contribution in [0.3, 0.4) is 0 Å². The number of benzene rings is 1. The van der Waals surface area contributed by atoms with Crippen molar-refractivity contribution in [3.8, 4) is 11.8 Å². The maximum Gasteiger partial charge on any atom is 0.134 e. The Morgan fingerprint density at radius 2 is 2.18 bits per heavy atom. The fraction of sp³-hybridized carbons (Fsp3) is 0.308. The van der Waals surface area contributed by atoms with Gasteiger partial charge in [-0.3, -0.25) is 0 Å². The highest BCUT2D eigenvalue weighted by molar-refractivity contribution is 6.37. The lowest BCUT2D eigenvalue weighted by atomic mass is 9.81. The van der Waals surface area contributed by atoms with Gasteiger partial charge < -0.3 is 10.1 Å². The minimum atomic E-state index is 0.0230. The molecule has 1 aromatic heterocycles. The molecule has 0 radical (unpaired) electrons. The van der Waals surface area contributed by atoms with Crippen LogP contribution in [-0.4, -0.2) is 10.1 Å². The first-order valence-electron chi connectivity index (χ1n) is 5.65. The Hall–Kier alpha value is -1.66. The van der Waals surface area contributed by atoms with E-state index in [0.29, 0.717) is 16.9 Å². The minimum absolute atomic E-state index is 0.0230. The number of H-pyrrole nitrogens is 1. The average Bonchev–Trinajstić information content (AvgIpc) is 2.60. The maximum atomic E-state index is 9.60. The number of aromatic hydroxyl groups is 1. The predicted molar refractivity (Wildman–Crippen MR) is 66.3 cm³/mol. The third-order valence-electron chi connectivity index (χ3n) is 3.54. The molecule has 1 aliphatic carbocycles. The molecule has 3 nitrogen and oxygen atoms in total. The van der Waals surface area contributed by atoms with Crippen molar-refractivity contribution in [2.24, 2.45) is 0 Å². The summed E-state index contributed by atoms with van der Waals surface area (Å²) < 4.78 is 0. The highest BCUT2D eigenvalue weighted by atomic mass is 35.5. The number of phenols is 1. The van der Waals surface area contributed by atoms with Crippen LogP contribution in [0.1, 0.15) is 36.4 Å². The molecule has 4 heteroatoms. The highest BCUT2D eigenvalue weighted by Gasteiger charge is 2.26. The smallest absolute Gasteiger partial charge is 0.134 e. The predicted octanol–water partition coefficient (Wildman–Crippen LogP) is 3.67. The third kappa shape index (κ3) is 1.41. The van der Waals surface area contributed by atoms with Crippen molar-refractivity contribution in [1.82, 2.24) is 4.98 Å². The molecule has 1 aliphatic rings. The van der Waals surface area contributed by atoms with Crippen molar-refractivity contribution < 1.29 is 5.11 Å². The Kier molecular flexibility index (Phi) is 2.27. The Morgan fingerprint density at radius 1 is 1.41 bits per heavy atom. The molecular weight excluding hydrogens is 236 g/mol. The second-order valence-electron chi connectivity index (χ2n) is 4.47. The molecule has 0 aliphatic heterocycles. The van der Waals surface area contributed by atoms with Gasteiger partial charge in [0.15, 0.2) is 0 Å². The number of nitrogens with zero attached hydrogens (tertiary/aromatic N) is 1. The Balaban J connectivity index is 2.32. The summed E-state index contributed by atoms with van der Waals surface area (Å²) in [7, 11) is 0. The van der Waals surface area contributed by atoms with Crippen molar-refractivity contribution in [3.05, 3.63) is 28.4 Å². The third-order valence-corrected chi connectivity index (χ3v) is 3.92. The zero-order valence-electron chi connectivity index (χ0n) is 9.13. The number of hydrogen-bond donors (Lipinski definition) is 2. The number of nitrogens with one attached hydrogen (secondary N) is 1. The number of hydrogen-bond acceptors (Lipinski definition) is 2. The van der Waals surface area contributed by atoms with Crippen LogP contribution in [0, 0.1) is 11.3 Å². The molecule has 1 heterocycles. The molecule has 2 aromatic rings. The van der Waals surface area contributed by atoms with E-state index in [1.54, 1.807) is 12.1 Å². The monoisotopic (exact) mass is 246 g/mol. The summed E-state index contributed by atoms with van der Waals surface area (Å²) in [4.78, 5) is 3.27. The van der Waals surface area contributed by atoms with Gasteiger partial charge in [0.25, 0.3) is 0 Å². The van der Waals surface area contributed by atoms with Gasteiger partial charge in [-0.15, -0.1) is 0 Å². The van der Waals surface area contributed by atoms with Crippen molar-refractivity contribution in [1.29, 1.82) is 5.26 Å². The molecule has 1 saturated carbocycles. The molecule has 1 fully saturated rings. The molecule has 0 amide bonds. The maximum absolute atomic E-state index is 9.60. The van der Waals surface area contributed by atoms with Crippen LogP contribution < -0.4 is 0 Å². The van der Waals surface area contributed by atoms with Gasteiger partial charge in [-0.25, -0.2) is 0 Å². The number of halogens is 1. The molecule has 0 atom stereocenters. The molecule has 17 heavy (non-hydrogen) atoms. The van der Waals surface area contributed by atoms with Crippen molar-refractivity contribution >= 4 is 22.5 Å². The van der Waals surface area contributed by atoms with Crippen LogP contribution in [0.5, 0.6) is 5.75 Å². The molecule has 86 valence electrons. The molecule has 0 bridgehead atoms. The van der Waals surface area contributed by atoms with Crippen molar-refractivity contribution in [2.75, 3.05) is 0 Å². The van der Waals surface area contributed by atoms with Gasteiger partial charge in [-0.1, -0.05) is 18.0 Å². The lowest BCUT2D eigenvalue weighted by molar-refractivity contribution is 0.412. The SMILES string of the molecule is N#Cc1c(C2CCC2)[nH]c2ccc(O)c(Cl)c12. The van der Waals surface area contributed by atoms with E-state index in [-0.39, 0.29) is 10.8 Å². The summed E-state index contributed by atoms with van der Waals surface area (Å²) >= 11 is 6.07. The summed E-state index contributed by atoms with van der Waals surface area (Å²) in [5, 5.41) is 19.8. The lowest BCUT2D eigenvalue weighted by Gasteiger charge is -2.24. The molecule has 0 saturated heterocycles. The molecular formula is C13H11ClN2O. The zero-order chi connectivity index (χ0) is 12.0. The van der Waals surface area contributed by atoms with E-state index < -0.39 is 0 Å². The van der Waals surface area contributed by atoms with Crippen LogP contribution in [0.4, 0.5) is 0 Å². The normalized spacial score (nSPS) is 15.8. The Bertz CT molecular complexity index is 635. The van der Waals surface area contributed by atoms with E-state index in [4.69, 9.17) is 11.6 Å². The van der Waals surface area contributed by atoms with Gasteiger partial charge in [0.2, 0.25) is 0 Å². The number of rotatable bonds is 1. The Morgan fingerprint density at radius 3 is 2.76 bits per heavy atom. The zero-order valence-corrected chi connectivity index (χ0v) is 9.88. The molecule has 0 spiro atoms. The molecule has 3 rings (SSSR count). The van der Waals surface area contributed by atoms with E-state index in [9.17, 15) is 10.4 Å². The first-order valence-corrected chi connectivity index (χ1v) is 6.03. The van der Waals surface area contributed by atoms with Gasteiger partial charge in [0, 0.05) is 22.5 Å². The first kappa shape index (κ1) is 10.5. The van der Waals surface area contributed by atoms with E-state index in [0.717, 1.165) is 24.1 Å². The summed E-state index contributed by atoms with van der Waals surface area (Å²) in [6, 6.07) is 5.52. The standard InChI is InChI=1S/C13H11ClN2O/c14-12-10(17)5-4-9-11(12)8(6-15)13(16-9)7-2-1-3-7/h4-5,7,16-17H,1-3H2. The fourth-order valence-corrected chi connectivity index (χ4v) is 2.63. The van der Waals surface area contributed by atoms with E-state index in [1.165, 1.54) is 6.42 Å². The summed E-state index contributed by atoms with van der Waals surface area (Å²) in [6.45, 7) is 0. The molecule has 2 N–H and O–H groups in total. The van der Waals surface area contributed by atoms with E-state index >= 15 is 0 Å². The molecule has 1 aromatic carbocycles. The van der Waals surface area contributed by atoms with Crippen molar-refractivity contribution in [3.63, 3.8) is 0 Å². The average molecular weight is 247 g/mol. The van der Waals surface area contributed by atoms with Crippen molar-refractivity contribution in [2.45, 2.75) is 25.2 Å². The summed E-state index contributed by atoms with van der Waals surface area (Å²) in [5.41, 5.74) is 2.39. The second-order valence-corrected chi connectivity index (χ2v) is 4.85. The van der Waals surface area contributed by atoms with Crippen LogP contribution in [-0.2, 0) is 0 Å². The topological polar surface area (TPSA) is 59.8 Å². The highest BCUT2D eigenvalue weighted by Crippen LogP contribution is 2.42. The van der Waals surface area contributed by atoms with Crippen LogP contribution in [0.15, 0.2) is 12.1 Å². The van der Waals surface area contributed by atoms with Gasteiger partial charge in [0.05, 0.1) is 10.6 Å². The number of phenolic OH excluding ortho intramolecular Hbond substituents is 1. The lowest BCUT2D eigenvalue weighted by Crippen LogP contribution is -2.10. The Labute approximate surface area is 104 Å². The number of aromatic amines is 1. The fourth-order valence-electron chi connectivity index (χ4n) is 2.38. The first-order chi connectivity index (χ1) is 8.22. The van der Waals surface area contributed by atoms with Crippen LogP contribution in [0.25, 0.3) is 10.9 Å². The second kappa shape index (κ2) is 3.68. The quantitative estimate of drug-likeness (QED) is 0.807. The van der Waals surface area contributed by atoms with Gasteiger partial charge >= 0.3 is 0 Å². The molecule has 0 unspecified atom stereocenters. The van der Waals surface area contributed by atoms with Crippen LogP contribution >= 0.6 is 11.6 Å². The minimum Gasteiger partial charge on any atom is -0.506 e. The van der Waals surface area contributed by atoms with E-state index in [2.05, 4.69) is 11.1 Å². The largest absolute Gasteiger partial charge is 0.506 e. The number of aromatic nitrogens is 1. The summed E-state index contributed by atoms with van der Waals surface area (Å²) in [5.74, 6) is 0.463. The number of nitriles is 1. The summed E-state index contributed by atoms with van der Waals surface area (Å²) in [6.07, 6.45) is 3.44. The van der Waals surface area contributed by atoms with E-state index in [1.807, 2.05) is 0 Å². The van der Waals surface area contributed by atoms with Gasteiger partial charge in [0.1, 0.15) is 11.8 Å². The number of fused-ring (bicyclic) bond motifs is 1.